The number of rotatable bonds is 11. The van der Waals surface area contributed by atoms with Gasteiger partial charge in [0.1, 0.15) is 0 Å². The topological polar surface area (TPSA) is 64.1 Å². The number of guanidine groups is 1. The van der Waals surface area contributed by atoms with Crippen LogP contribution in [0.15, 0.2) is 17.1 Å². The maximum absolute atomic E-state index is 5.55. The Labute approximate surface area is 164 Å². The minimum atomic E-state index is 0.390. The highest BCUT2D eigenvalue weighted by atomic mass is 16.5. The lowest BCUT2D eigenvalue weighted by atomic mass is 10.0. The molecule has 1 aromatic carbocycles. The highest BCUT2D eigenvalue weighted by molar-refractivity contribution is 5.80. The van der Waals surface area contributed by atoms with Crippen LogP contribution in [0.5, 0.6) is 17.2 Å². The van der Waals surface area contributed by atoms with E-state index >= 15 is 0 Å². The van der Waals surface area contributed by atoms with Gasteiger partial charge >= 0.3 is 0 Å². The molecule has 0 heterocycles. The van der Waals surface area contributed by atoms with Gasteiger partial charge in [-0.15, -0.1) is 0 Å². The summed E-state index contributed by atoms with van der Waals surface area (Å²) >= 11 is 0. The molecule has 1 rings (SSSR count). The van der Waals surface area contributed by atoms with E-state index in [2.05, 4.69) is 38.3 Å². The van der Waals surface area contributed by atoms with Crippen molar-refractivity contribution in [2.45, 2.75) is 53.0 Å². The molecule has 1 atom stereocenters. The molecule has 0 aliphatic heterocycles. The van der Waals surface area contributed by atoms with Crippen molar-refractivity contribution in [2.75, 3.05) is 34.4 Å². The van der Waals surface area contributed by atoms with Crippen LogP contribution in [0.2, 0.25) is 0 Å². The summed E-state index contributed by atoms with van der Waals surface area (Å²) in [6.07, 6.45) is 3.09. The zero-order chi connectivity index (χ0) is 20.2. The lowest BCUT2D eigenvalue weighted by Gasteiger charge is -2.19. The van der Waals surface area contributed by atoms with Gasteiger partial charge in [-0.3, -0.25) is 4.99 Å². The molecule has 0 bridgehead atoms. The van der Waals surface area contributed by atoms with Gasteiger partial charge in [0.25, 0.3) is 0 Å². The molecule has 0 aliphatic carbocycles. The molecular weight excluding hydrogens is 342 g/mol. The predicted molar refractivity (Wildman–Crippen MR) is 112 cm³/mol. The van der Waals surface area contributed by atoms with Crippen LogP contribution in [0.4, 0.5) is 0 Å². The normalized spacial score (nSPS) is 12.7. The van der Waals surface area contributed by atoms with E-state index in [4.69, 9.17) is 19.2 Å². The van der Waals surface area contributed by atoms with E-state index in [0.717, 1.165) is 30.9 Å². The van der Waals surface area contributed by atoms with E-state index < -0.39 is 0 Å². The summed E-state index contributed by atoms with van der Waals surface area (Å²) in [7, 11) is 4.89. The first kappa shape index (κ1) is 22.9. The summed E-state index contributed by atoms with van der Waals surface area (Å²) in [6, 6.07) is 4.29. The van der Waals surface area contributed by atoms with Crippen LogP contribution in [-0.2, 0) is 6.42 Å². The minimum absolute atomic E-state index is 0.390. The van der Waals surface area contributed by atoms with Gasteiger partial charge in [0.05, 0.1) is 21.3 Å². The van der Waals surface area contributed by atoms with Crippen LogP contribution in [-0.4, -0.2) is 46.4 Å². The smallest absolute Gasteiger partial charge is 0.203 e. The largest absolute Gasteiger partial charge is 0.493 e. The zero-order valence-electron chi connectivity index (χ0n) is 18.0. The SMILES string of the molecule is CCNC(=NCCc1ccc(OC)c(OC)c1OC)NC(C)CCC(C)C. The fourth-order valence-electron chi connectivity index (χ4n) is 2.86. The average molecular weight is 380 g/mol. The van der Waals surface area contributed by atoms with Crippen LogP contribution in [0, 0.1) is 5.92 Å². The molecule has 6 heteroatoms. The Hall–Kier alpha value is -2.11. The second-order valence-corrected chi connectivity index (χ2v) is 7.02. The molecule has 0 saturated heterocycles. The van der Waals surface area contributed by atoms with E-state index in [1.54, 1.807) is 21.3 Å². The van der Waals surface area contributed by atoms with Gasteiger partial charge in [-0.25, -0.2) is 0 Å². The molecule has 2 N–H and O–H groups in total. The molecule has 154 valence electrons. The molecule has 1 unspecified atom stereocenters. The molecule has 0 spiro atoms. The molecule has 0 amide bonds. The number of aliphatic imine (C=N–C) groups is 1. The van der Waals surface area contributed by atoms with Crippen LogP contribution in [0.1, 0.15) is 46.1 Å². The van der Waals surface area contributed by atoms with Gasteiger partial charge in [0.2, 0.25) is 5.75 Å². The Kier molecular flexibility index (Phi) is 10.5. The number of methoxy groups -OCH3 is 3. The van der Waals surface area contributed by atoms with Gasteiger partial charge < -0.3 is 24.8 Å². The Bertz CT molecular complexity index is 588. The first-order valence-corrected chi connectivity index (χ1v) is 9.79. The third-order valence-electron chi connectivity index (χ3n) is 4.34. The van der Waals surface area contributed by atoms with Crippen molar-refractivity contribution in [3.8, 4) is 17.2 Å². The lowest BCUT2D eigenvalue weighted by Crippen LogP contribution is -2.42. The molecule has 27 heavy (non-hydrogen) atoms. The summed E-state index contributed by atoms with van der Waals surface area (Å²) in [6.45, 7) is 10.3. The average Bonchev–Trinajstić information content (AvgIpc) is 2.65. The summed E-state index contributed by atoms with van der Waals surface area (Å²) in [5.74, 6) is 3.55. The third kappa shape index (κ3) is 7.57. The highest BCUT2D eigenvalue weighted by Crippen LogP contribution is 2.39. The van der Waals surface area contributed by atoms with E-state index in [-0.39, 0.29) is 0 Å². The Morgan fingerprint density at radius 2 is 1.70 bits per heavy atom. The Morgan fingerprint density at radius 3 is 2.26 bits per heavy atom. The highest BCUT2D eigenvalue weighted by Gasteiger charge is 2.15. The van der Waals surface area contributed by atoms with Gasteiger partial charge in [0, 0.05) is 24.7 Å². The summed E-state index contributed by atoms with van der Waals surface area (Å²) < 4.78 is 16.3. The quantitative estimate of drug-likeness (QED) is 0.454. The molecule has 1 aromatic rings. The number of hydrogen-bond donors (Lipinski definition) is 2. The van der Waals surface area contributed by atoms with Crippen molar-refractivity contribution in [2.24, 2.45) is 10.9 Å². The van der Waals surface area contributed by atoms with Crippen molar-refractivity contribution >= 4 is 5.96 Å². The second-order valence-electron chi connectivity index (χ2n) is 7.02. The molecule has 0 aromatic heterocycles. The molecule has 0 fully saturated rings. The van der Waals surface area contributed by atoms with Crippen molar-refractivity contribution in [1.82, 2.24) is 10.6 Å². The number of nitrogens with zero attached hydrogens (tertiary/aromatic N) is 1. The number of hydrogen-bond acceptors (Lipinski definition) is 4. The summed E-state index contributed by atoms with van der Waals surface area (Å²) in [5, 5.41) is 6.81. The minimum Gasteiger partial charge on any atom is -0.493 e. The van der Waals surface area contributed by atoms with Crippen molar-refractivity contribution in [3.05, 3.63) is 17.7 Å². The van der Waals surface area contributed by atoms with E-state index in [1.807, 2.05) is 12.1 Å². The molecular formula is C21H37N3O3. The van der Waals surface area contributed by atoms with Crippen molar-refractivity contribution < 1.29 is 14.2 Å². The lowest BCUT2D eigenvalue weighted by molar-refractivity contribution is 0.322. The zero-order valence-corrected chi connectivity index (χ0v) is 18.0. The number of benzene rings is 1. The standard InChI is InChI=1S/C21H37N3O3/c1-8-22-21(24-16(4)10-9-15(2)3)23-14-13-17-11-12-18(25-5)20(27-7)19(17)26-6/h11-12,15-16H,8-10,13-14H2,1-7H3,(H2,22,23,24). The summed E-state index contributed by atoms with van der Waals surface area (Å²) in [5.41, 5.74) is 1.04. The monoisotopic (exact) mass is 379 g/mol. The summed E-state index contributed by atoms with van der Waals surface area (Å²) in [4.78, 5) is 4.72. The van der Waals surface area contributed by atoms with Gasteiger partial charge in [-0.05, 0) is 45.1 Å². The predicted octanol–water partition coefficient (Wildman–Crippen LogP) is 3.63. The Morgan fingerprint density at radius 1 is 1.00 bits per heavy atom. The number of nitrogens with one attached hydrogen (secondary N) is 2. The van der Waals surface area contributed by atoms with Crippen LogP contribution in [0.25, 0.3) is 0 Å². The first-order valence-electron chi connectivity index (χ1n) is 9.79. The second kappa shape index (κ2) is 12.3. The van der Waals surface area contributed by atoms with Crippen molar-refractivity contribution in [3.63, 3.8) is 0 Å². The van der Waals surface area contributed by atoms with Gasteiger partial charge in [-0.1, -0.05) is 19.9 Å². The van der Waals surface area contributed by atoms with E-state index in [1.165, 1.54) is 6.42 Å². The Balaban J connectivity index is 2.78. The molecule has 0 saturated carbocycles. The molecule has 6 nitrogen and oxygen atoms in total. The van der Waals surface area contributed by atoms with Crippen molar-refractivity contribution in [1.29, 1.82) is 0 Å². The maximum Gasteiger partial charge on any atom is 0.203 e. The number of ether oxygens (including phenoxy) is 3. The third-order valence-corrected chi connectivity index (χ3v) is 4.34. The molecule has 0 aliphatic rings. The van der Waals surface area contributed by atoms with Crippen LogP contribution in [0.3, 0.4) is 0 Å². The fraction of sp³-hybridized carbons (Fsp3) is 0.667. The van der Waals surface area contributed by atoms with Crippen LogP contribution >= 0.6 is 0 Å². The maximum atomic E-state index is 5.55. The van der Waals surface area contributed by atoms with E-state index in [9.17, 15) is 0 Å². The van der Waals surface area contributed by atoms with Crippen LogP contribution < -0.4 is 24.8 Å². The molecule has 0 radical (unpaired) electrons. The van der Waals surface area contributed by atoms with Gasteiger partial charge in [-0.2, -0.15) is 0 Å². The first-order chi connectivity index (χ1) is 13.0. The van der Waals surface area contributed by atoms with Gasteiger partial charge in [0.15, 0.2) is 17.5 Å². The van der Waals surface area contributed by atoms with E-state index in [0.29, 0.717) is 35.8 Å². The fourth-order valence-corrected chi connectivity index (χ4v) is 2.86.